The van der Waals surface area contributed by atoms with Gasteiger partial charge in [-0.25, -0.2) is 4.68 Å². The van der Waals surface area contributed by atoms with E-state index in [0.29, 0.717) is 23.7 Å². The maximum absolute atomic E-state index is 4.60. The normalized spacial score (nSPS) is 10.9. The Labute approximate surface area is 139 Å². The molecule has 0 radical (unpaired) electrons. The number of para-hydroxylation sites is 1. The number of nitrogens with one attached hydrogen (secondary N) is 1. The van der Waals surface area contributed by atoms with Gasteiger partial charge in [0, 0.05) is 6.54 Å². The topological polar surface area (TPSA) is 68.5 Å². The molecule has 6 heteroatoms. The molecule has 0 atom stereocenters. The third-order valence-electron chi connectivity index (χ3n) is 3.76. The predicted octanol–water partition coefficient (Wildman–Crippen LogP) is 3.13. The Hall–Kier alpha value is -3.28. The van der Waals surface area contributed by atoms with Crippen molar-refractivity contribution in [2.75, 3.05) is 5.32 Å². The van der Waals surface area contributed by atoms with Gasteiger partial charge in [0.25, 0.3) is 0 Å². The molecule has 0 fully saturated rings. The third kappa shape index (κ3) is 2.69. The zero-order valence-corrected chi connectivity index (χ0v) is 13.2. The molecule has 0 amide bonds. The van der Waals surface area contributed by atoms with Crippen LogP contribution in [-0.2, 0) is 6.54 Å². The number of hydrogen-bond donors (Lipinski definition) is 1. The van der Waals surface area contributed by atoms with Crippen LogP contribution in [0.25, 0.3) is 16.9 Å². The van der Waals surface area contributed by atoms with E-state index in [0.717, 1.165) is 16.9 Å². The maximum Gasteiger partial charge on any atom is 0.245 e. The van der Waals surface area contributed by atoms with E-state index in [1.54, 1.807) is 4.68 Å². The van der Waals surface area contributed by atoms with E-state index in [-0.39, 0.29) is 0 Å². The number of aromatic nitrogens is 5. The van der Waals surface area contributed by atoms with Gasteiger partial charge in [-0.2, -0.15) is 10.1 Å². The fourth-order valence-electron chi connectivity index (χ4n) is 2.55. The predicted molar refractivity (Wildman–Crippen MR) is 93.0 cm³/mol. The van der Waals surface area contributed by atoms with Crippen molar-refractivity contribution in [3.8, 4) is 5.69 Å². The fraction of sp³-hybridized carbons (Fsp3) is 0.111. The van der Waals surface area contributed by atoms with Crippen LogP contribution in [0.2, 0.25) is 0 Å². The highest BCUT2D eigenvalue weighted by Gasteiger charge is 2.13. The van der Waals surface area contributed by atoms with E-state index in [1.165, 1.54) is 0 Å². The SMILES string of the molecule is Cc1nn(-c2ccccc2)c2nc(NCc3ccccc3)nnc12. The largest absolute Gasteiger partial charge is 0.349 e. The molecule has 0 saturated carbocycles. The fourth-order valence-corrected chi connectivity index (χ4v) is 2.55. The van der Waals surface area contributed by atoms with Crippen molar-refractivity contribution in [2.45, 2.75) is 13.5 Å². The lowest BCUT2D eigenvalue weighted by Crippen LogP contribution is -2.06. The molecule has 0 bridgehead atoms. The number of hydrogen-bond acceptors (Lipinski definition) is 5. The lowest BCUT2D eigenvalue weighted by molar-refractivity contribution is 0.874. The first-order valence-electron chi connectivity index (χ1n) is 7.74. The minimum atomic E-state index is 0.489. The van der Waals surface area contributed by atoms with Gasteiger partial charge in [-0.15, -0.1) is 10.2 Å². The van der Waals surface area contributed by atoms with Gasteiger partial charge in [-0.1, -0.05) is 48.5 Å². The summed E-state index contributed by atoms with van der Waals surface area (Å²) in [7, 11) is 0. The summed E-state index contributed by atoms with van der Waals surface area (Å²) in [6, 6.07) is 20.0. The van der Waals surface area contributed by atoms with Crippen molar-refractivity contribution in [1.82, 2.24) is 25.0 Å². The third-order valence-corrected chi connectivity index (χ3v) is 3.76. The highest BCUT2D eigenvalue weighted by Crippen LogP contribution is 2.18. The van der Waals surface area contributed by atoms with Crippen LogP contribution in [-0.4, -0.2) is 25.0 Å². The minimum Gasteiger partial charge on any atom is -0.349 e. The molecule has 4 rings (SSSR count). The van der Waals surface area contributed by atoms with Gasteiger partial charge < -0.3 is 5.32 Å². The smallest absolute Gasteiger partial charge is 0.245 e. The van der Waals surface area contributed by atoms with Crippen LogP contribution in [0.4, 0.5) is 5.95 Å². The van der Waals surface area contributed by atoms with Crippen LogP contribution < -0.4 is 5.32 Å². The molecule has 4 aromatic rings. The van der Waals surface area contributed by atoms with Gasteiger partial charge in [0.05, 0.1) is 11.4 Å². The number of nitrogens with zero attached hydrogens (tertiary/aromatic N) is 5. The standard InChI is InChI=1S/C18H16N6/c1-13-16-17(24(23-13)15-10-6-3-7-11-15)20-18(22-21-16)19-12-14-8-4-2-5-9-14/h2-11H,12H2,1H3,(H,19,20,22). The second kappa shape index (κ2) is 6.08. The Morgan fingerprint density at radius 3 is 2.38 bits per heavy atom. The highest BCUT2D eigenvalue weighted by molar-refractivity contribution is 5.75. The zero-order valence-electron chi connectivity index (χ0n) is 13.2. The van der Waals surface area contributed by atoms with Crippen molar-refractivity contribution in [3.63, 3.8) is 0 Å². The first kappa shape index (κ1) is 14.3. The Morgan fingerprint density at radius 1 is 0.917 bits per heavy atom. The molecule has 0 saturated heterocycles. The second-order valence-electron chi connectivity index (χ2n) is 5.48. The molecular formula is C18H16N6. The van der Waals surface area contributed by atoms with E-state index in [2.05, 4.69) is 37.7 Å². The minimum absolute atomic E-state index is 0.489. The number of aryl methyl sites for hydroxylation is 1. The average molecular weight is 316 g/mol. The molecule has 0 aliphatic carbocycles. The molecule has 2 aromatic heterocycles. The van der Waals surface area contributed by atoms with E-state index >= 15 is 0 Å². The van der Waals surface area contributed by atoms with Crippen molar-refractivity contribution < 1.29 is 0 Å². The van der Waals surface area contributed by atoms with Gasteiger partial charge in [0.15, 0.2) is 11.2 Å². The van der Waals surface area contributed by atoms with E-state index in [1.807, 2.05) is 55.5 Å². The molecule has 0 aliphatic rings. The molecular weight excluding hydrogens is 300 g/mol. The summed E-state index contributed by atoms with van der Waals surface area (Å²) in [6.07, 6.45) is 0. The van der Waals surface area contributed by atoms with E-state index in [4.69, 9.17) is 0 Å². The molecule has 0 unspecified atom stereocenters. The average Bonchev–Trinajstić information content (AvgIpc) is 2.98. The van der Waals surface area contributed by atoms with Crippen molar-refractivity contribution >= 4 is 17.1 Å². The molecule has 0 spiro atoms. The molecule has 118 valence electrons. The Bertz CT molecular complexity index is 963. The van der Waals surface area contributed by atoms with Crippen LogP contribution in [0.3, 0.4) is 0 Å². The summed E-state index contributed by atoms with van der Waals surface area (Å²) >= 11 is 0. The van der Waals surface area contributed by atoms with Crippen LogP contribution in [0.1, 0.15) is 11.3 Å². The lowest BCUT2D eigenvalue weighted by atomic mass is 10.2. The molecule has 6 nitrogen and oxygen atoms in total. The molecule has 2 aromatic carbocycles. The van der Waals surface area contributed by atoms with Gasteiger partial charge >= 0.3 is 0 Å². The highest BCUT2D eigenvalue weighted by atomic mass is 15.4. The van der Waals surface area contributed by atoms with E-state index in [9.17, 15) is 0 Å². The van der Waals surface area contributed by atoms with Crippen molar-refractivity contribution in [2.24, 2.45) is 0 Å². The van der Waals surface area contributed by atoms with Crippen LogP contribution in [0.15, 0.2) is 60.7 Å². The second-order valence-corrected chi connectivity index (χ2v) is 5.48. The summed E-state index contributed by atoms with van der Waals surface area (Å²) < 4.78 is 1.80. The first-order valence-corrected chi connectivity index (χ1v) is 7.74. The zero-order chi connectivity index (χ0) is 16.4. The van der Waals surface area contributed by atoms with Gasteiger partial charge in [0.2, 0.25) is 5.95 Å². The number of fused-ring (bicyclic) bond motifs is 1. The van der Waals surface area contributed by atoms with Crippen molar-refractivity contribution in [3.05, 3.63) is 71.9 Å². The van der Waals surface area contributed by atoms with Gasteiger partial charge in [-0.3, -0.25) is 0 Å². The summed E-state index contributed by atoms with van der Waals surface area (Å²) in [5.41, 5.74) is 4.33. The molecule has 1 N–H and O–H groups in total. The quantitative estimate of drug-likeness (QED) is 0.626. The maximum atomic E-state index is 4.60. The summed E-state index contributed by atoms with van der Waals surface area (Å²) in [4.78, 5) is 4.60. The Kier molecular flexibility index (Phi) is 3.63. The molecule has 24 heavy (non-hydrogen) atoms. The van der Waals surface area contributed by atoms with Crippen LogP contribution in [0, 0.1) is 6.92 Å². The van der Waals surface area contributed by atoms with Crippen molar-refractivity contribution in [1.29, 1.82) is 0 Å². The van der Waals surface area contributed by atoms with Crippen LogP contribution in [0.5, 0.6) is 0 Å². The van der Waals surface area contributed by atoms with Gasteiger partial charge in [0.1, 0.15) is 0 Å². The summed E-state index contributed by atoms with van der Waals surface area (Å²) in [5, 5.41) is 16.2. The van der Waals surface area contributed by atoms with E-state index < -0.39 is 0 Å². The number of benzene rings is 2. The van der Waals surface area contributed by atoms with Gasteiger partial charge in [-0.05, 0) is 24.6 Å². The lowest BCUT2D eigenvalue weighted by Gasteiger charge is -2.05. The Balaban J connectivity index is 1.69. The molecule has 0 aliphatic heterocycles. The summed E-state index contributed by atoms with van der Waals surface area (Å²) in [5.74, 6) is 0.489. The number of anilines is 1. The number of rotatable bonds is 4. The van der Waals surface area contributed by atoms with Crippen LogP contribution >= 0.6 is 0 Å². The Morgan fingerprint density at radius 2 is 1.62 bits per heavy atom. The molecule has 2 heterocycles. The summed E-state index contributed by atoms with van der Waals surface area (Å²) in [6.45, 7) is 2.56. The first-order chi connectivity index (χ1) is 11.8. The monoisotopic (exact) mass is 316 g/mol.